The second kappa shape index (κ2) is 9.50. The number of carbonyl (C=O) groups excluding carboxylic acids is 2. The molecule has 1 saturated heterocycles. The molecule has 0 unspecified atom stereocenters. The molecule has 0 aliphatic carbocycles. The molecule has 2 heterocycles. The number of ether oxygens (including phenoxy) is 1. The number of anilines is 2. The lowest BCUT2D eigenvalue weighted by atomic mass is 10.1. The van der Waals surface area contributed by atoms with Gasteiger partial charge in [-0.1, -0.05) is 29.8 Å². The summed E-state index contributed by atoms with van der Waals surface area (Å²) in [4.78, 5) is 29.0. The number of hydrogen-bond acceptors (Lipinski definition) is 4. The van der Waals surface area contributed by atoms with Crippen molar-refractivity contribution in [1.29, 1.82) is 0 Å². The van der Waals surface area contributed by atoms with Gasteiger partial charge in [-0.2, -0.15) is 13.2 Å². The van der Waals surface area contributed by atoms with Crippen LogP contribution >= 0.6 is 23.4 Å². The molecular weight excluding hydrogens is 527 g/mol. The Balaban J connectivity index is 1.54. The Kier molecular flexibility index (Phi) is 6.49. The number of urea groups is 1. The Morgan fingerprint density at radius 1 is 1.14 bits per heavy atom. The number of nitrogens with zero attached hydrogens (tertiary/aromatic N) is 2. The first-order valence-corrected chi connectivity index (χ1v) is 12.6. The quantitative estimate of drug-likeness (QED) is 0.413. The number of alkyl halides is 3. The number of thioether (sulfide) groups is 1. The average molecular weight is 548 g/mol. The molecule has 3 amide bonds. The predicted molar refractivity (Wildman–Crippen MR) is 137 cm³/mol. The Labute approximate surface area is 220 Å². The lowest BCUT2D eigenvalue weighted by Crippen LogP contribution is -2.51. The molecule has 0 bridgehead atoms. The van der Waals surface area contributed by atoms with Gasteiger partial charge in [0, 0.05) is 28.6 Å². The number of hydrogen-bond donors (Lipinski definition) is 1. The van der Waals surface area contributed by atoms with E-state index in [4.69, 9.17) is 16.3 Å². The van der Waals surface area contributed by atoms with E-state index in [1.54, 1.807) is 48.5 Å². The molecule has 5 rings (SSSR count). The number of amides is 3. The van der Waals surface area contributed by atoms with Gasteiger partial charge in [0.15, 0.2) is 4.87 Å². The third-order valence-corrected chi connectivity index (χ3v) is 7.97. The highest BCUT2D eigenvalue weighted by Gasteiger charge is 2.59. The monoisotopic (exact) mass is 547 g/mol. The summed E-state index contributed by atoms with van der Waals surface area (Å²) in [6.07, 6.45) is -4.51. The molecule has 3 aromatic rings. The van der Waals surface area contributed by atoms with Crippen LogP contribution in [0.4, 0.5) is 29.3 Å². The van der Waals surface area contributed by atoms with Crippen LogP contribution < -0.4 is 15.0 Å². The summed E-state index contributed by atoms with van der Waals surface area (Å²) in [5.41, 5.74) is 1.06. The van der Waals surface area contributed by atoms with Gasteiger partial charge in [0.2, 0.25) is 0 Å². The first kappa shape index (κ1) is 25.3. The standard InChI is InChI=1S/C26H21ClF3N3O3S/c1-36-20-8-9-22-21(14-20)25(23(34)32(22)15-16-4-2-5-17(12-16)26(28,29)30)33(10-11-37-25)24(35)31-19-7-3-6-18(27)13-19/h2-9,12-14H,10-11,15H2,1H3,(H,31,35)/t25-/m0/s1. The molecule has 2 aliphatic rings. The van der Waals surface area contributed by atoms with Crippen LogP contribution in [0.15, 0.2) is 66.7 Å². The van der Waals surface area contributed by atoms with Gasteiger partial charge >= 0.3 is 12.2 Å². The van der Waals surface area contributed by atoms with E-state index in [1.807, 2.05) is 0 Å². The van der Waals surface area contributed by atoms with E-state index < -0.39 is 28.5 Å². The van der Waals surface area contributed by atoms with Crippen molar-refractivity contribution in [2.45, 2.75) is 17.6 Å². The van der Waals surface area contributed by atoms with E-state index in [0.29, 0.717) is 39.0 Å². The average Bonchev–Trinajstić information content (AvgIpc) is 3.41. The summed E-state index contributed by atoms with van der Waals surface area (Å²) in [6, 6.07) is 16.1. The van der Waals surface area contributed by atoms with Crippen LogP contribution in [0.3, 0.4) is 0 Å². The molecule has 0 aromatic heterocycles. The summed E-state index contributed by atoms with van der Waals surface area (Å²) in [5, 5.41) is 3.25. The van der Waals surface area contributed by atoms with Crippen molar-refractivity contribution in [2.24, 2.45) is 0 Å². The summed E-state index contributed by atoms with van der Waals surface area (Å²) in [6.45, 7) is 0.199. The molecule has 192 valence electrons. The van der Waals surface area contributed by atoms with Crippen molar-refractivity contribution in [1.82, 2.24) is 4.90 Å². The van der Waals surface area contributed by atoms with Gasteiger partial charge in [-0.15, -0.1) is 11.8 Å². The molecule has 1 atom stereocenters. The van der Waals surface area contributed by atoms with Gasteiger partial charge < -0.3 is 15.0 Å². The van der Waals surface area contributed by atoms with Gasteiger partial charge in [0.1, 0.15) is 5.75 Å². The predicted octanol–water partition coefficient (Wildman–Crippen LogP) is 6.35. The normalized spacial score (nSPS) is 18.9. The number of carbonyl (C=O) groups is 2. The first-order chi connectivity index (χ1) is 17.6. The van der Waals surface area contributed by atoms with Gasteiger partial charge in [-0.25, -0.2) is 4.79 Å². The summed E-state index contributed by atoms with van der Waals surface area (Å²) in [7, 11) is 1.50. The second-order valence-electron chi connectivity index (χ2n) is 8.56. The number of methoxy groups -OCH3 is 1. The maximum atomic E-state index is 14.1. The maximum absolute atomic E-state index is 14.1. The number of halogens is 4. The molecule has 1 spiro atoms. The molecule has 0 radical (unpaired) electrons. The molecule has 1 N–H and O–H groups in total. The molecule has 37 heavy (non-hydrogen) atoms. The van der Waals surface area contributed by atoms with Crippen molar-refractivity contribution >= 4 is 46.7 Å². The van der Waals surface area contributed by atoms with E-state index in [2.05, 4.69) is 5.32 Å². The maximum Gasteiger partial charge on any atom is 0.416 e. The highest BCUT2D eigenvalue weighted by molar-refractivity contribution is 8.01. The highest BCUT2D eigenvalue weighted by atomic mass is 35.5. The minimum absolute atomic E-state index is 0.0891. The van der Waals surface area contributed by atoms with Crippen molar-refractivity contribution in [3.05, 3.63) is 88.4 Å². The van der Waals surface area contributed by atoms with Crippen LogP contribution in [-0.4, -0.2) is 36.2 Å². The van der Waals surface area contributed by atoms with Crippen LogP contribution in [0.2, 0.25) is 5.02 Å². The number of benzene rings is 3. The number of rotatable bonds is 4. The molecule has 11 heteroatoms. The molecule has 6 nitrogen and oxygen atoms in total. The third kappa shape index (κ3) is 4.48. The lowest BCUT2D eigenvalue weighted by molar-refractivity contribution is -0.137. The Hall–Kier alpha value is -3.37. The first-order valence-electron chi connectivity index (χ1n) is 11.3. The second-order valence-corrected chi connectivity index (χ2v) is 10.3. The zero-order valence-corrected chi connectivity index (χ0v) is 21.1. The van der Waals surface area contributed by atoms with Gasteiger partial charge in [-0.05, 0) is 54.1 Å². The third-order valence-electron chi connectivity index (χ3n) is 6.32. The fourth-order valence-electron chi connectivity index (χ4n) is 4.66. The minimum atomic E-state index is -4.51. The molecule has 1 fully saturated rings. The SMILES string of the molecule is COc1ccc2c(c1)[C@]1(SCCN1C(=O)Nc1cccc(Cl)c1)C(=O)N2Cc1cccc(C(F)(F)F)c1. The van der Waals surface area contributed by atoms with Crippen LogP contribution in [-0.2, 0) is 22.4 Å². The van der Waals surface area contributed by atoms with Crippen molar-refractivity contribution < 1.29 is 27.5 Å². The van der Waals surface area contributed by atoms with Crippen molar-refractivity contribution in [3.63, 3.8) is 0 Å². The van der Waals surface area contributed by atoms with Crippen molar-refractivity contribution in [3.8, 4) is 5.75 Å². The minimum Gasteiger partial charge on any atom is -0.497 e. The fourth-order valence-corrected chi connectivity index (χ4v) is 6.31. The van der Waals surface area contributed by atoms with Crippen LogP contribution in [0, 0.1) is 0 Å². The zero-order valence-electron chi connectivity index (χ0n) is 19.5. The van der Waals surface area contributed by atoms with Gasteiger partial charge in [0.05, 0.1) is 24.9 Å². The zero-order chi connectivity index (χ0) is 26.4. The van der Waals surface area contributed by atoms with Gasteiger partial charge in [-0.3, -0.25) is 9.69 Å². The Bertz CT molecular complexity index is 1390. The van der Waals surface area contributed by atoms with E-state index >= 15 is 0 Å². The van der Waals surface area contributed by atoms with Crippen molar-refractivity contribution in [2.75, 3.05) is 29.6 Å². The van der Waals surface area contributed by atoms with Crippen LogP contribution in [0.5, 0.6) is 5.75 Å². The largest absolute Gasteiger partial charge is 0.497 e. The van der Waals surface area contributed by atoms with Crippen LogP contribution in [0.25, 0.3) is 0 Å². The Morgan fingerprint density at radius 2 is 1.92 bits per heavy atom. The summed E-state index contributed by atoms with van der Waals surface area (Å²) >= 11 is 7.36. The Morgan fingerprint density at radius 3 is 2.65 bits per heavy atom. The number of fused-ring (bicyclic) bond motifs is 2. The summed E-state index contributed by atoms with van der Waals surface area (Å²) < 4.78 is 45.3. The van der Waals surface area contributed by atoms with E-state index in [-0.39, 0.29) is 13.1 Å². The molecule has 3 aromatic carbocycles. The van der Waals surface area contributed by atoms with E-state index in [1.165, 1.54) is 34.7 Å². The molecule has 0 saturated carbocycles. The highest BCUT2D eigenvalue weighted by Crippen LogP contribution is 2.55. The smallest absolute Gasteiger partial charge is 0.416 e. The summed E-state index contributed by atoms with van der Waals surface area (Å²) in [5.74, 6) is 0.578. The fraction of sp³-hybridized carbons (Fsp3) is 0.231. The van der Waals surface area contributed by atoms with Crippen LogP contribution in [0.1, 0.15) is 16.7 Å². The van der Waals surface area contributed by atoms with E-state index in [0.717, 1.165) is 12.1 Å². The van der Waals surface area contributed by atoms with E-state index in [9.17, 15) is 22.8 Å². The molecular formula is C26H21ClF3N3O3S. The number of nitrogens with one attached hydrogen (secondary N) is 1. The molecule has 2 aliphatic heterocycles. The van der Waals surface area contributed by atoms with Gasteiger partial charge in [0.25, 0.3) is 5.91 Å². The lowest BCUT2D eigenvalue weighted by Gasteiger charge is -2.33. The topological polar surface area (TPSA) is 61.9 Å².